The maximum Gasteiger partial charge on any atom is 0.123 e. The smallest absolute Gasteiger partial charge is 0.123 e. The topological polar surface area (TPSA) is 9.23 Å². The molecule has 0 bridgehead atoms. The van der Waals surface area contributed by atoms with E-state index in [0.717, 1.165) is 17.7 Å². The molecule has 0 aliphatic heterocycles. The molecule has 0 fully saturated rings. The first kappa shape index (κ1) is 17.6. The van der Waals surface area contributed by atoms with Crippen molar-refractivity contribution in [3.63, 3.8) is 0 Å². The molecule has 0 amide bonds. The maximum absolute atomic E-state index is 5.90. The molecule has 0 aliphatic carbocycles. The van der Waals surface area contributed by atoms with Crippen LogP contribution < -0.4 is 4.74 Å². The number of rotatable bonds is 11. The van der Waals surface area contributed by atoms with Gasteiger partial charge in [-0.2, -0.15) is 0 Å². The van der Waals surface area contributed by atoms with Crippen molar-refractivity contribution in [3.8, 4) is 5.75 Å². The fourth-order valence-electron chi connectivity index (χ4n) is 2.37. The Morgan fingerprint density at radius 2 is 1.60 bits per heavy atom. The molecule has 0 aromatic heterocycles. The molecule has 0 aliphatic rings. The number of aryl methyl sites for hydroxylation is 1. The molecule has 1 aromatic carbocycles. The van der Waals surface area contributed by atoms with Crippen molar-refractivity contribution >= 4 is 15.9 Å². The summed E-state index contributed by atoms with van der Waals surface area (Å²) in [6, 6.07) is 6.41. The van der Waals surface area contributed by atoms with Crippen LogP contribution >= 0.6 is 15.9 Å². The molecule has 0 saturated heterocycles. The Labute approximate surface area is 133 Å². The molecular formula is C18H29BrO. The minimum absolute atomic E-state index is 0.845. The zero-order valence-corrected chi connectivity index (χ0v) is 14.7. The van der Waals surface area contributed by atoms with E-state index in [2.05, 4.69) is 48.0 Å². The second kappa shape index (κ2) is 11.2. The van der Waals surface area contributed by atoms with Crippen molar-refractivity contribution in [2.45, 2.75) is 70.5 Å². The van der Waals surface area contributed by atoms with E-state index in [0.29, 0.717) is 0 Å². The van der Waals surface area contributed by atoms with Gasteiger partial charge in [-0.1, -0.05) is 85.5 Å². The van der Waals surface area contributed by atoms with Crippen LogP contribution in [0.2, 0.25) is 0 Å². The highest BCUT2D eigenvalue weighted by atomic mass is 79.9. The Morgan fingerprint density at radius 1 is 0.950 bits per heavy atom. The third-order valence-electron chi connectivity index (χ3n) is 3.62. The van der Waals surface area contributed by atoms with Crippen LogP contribution in [0.25, 0.3) is 0 Å². The highest BCUT2D eigenvalue weighted by molar-refractivity contribution is 9.08. The summed E-state index contributed by atoms with van der Waals surface area (Å²) >= 11 is 3.53. The monoisotopic (exact) mass is 340 g/mol. The molecule has 1 rings (SSSR count). The van der Waals surface area contributed by atoms with Crippen LogP contribution in [0.4, 0.5) is 0 Å². The van der Waals surface area contributed by atoms with Gasteiger partial charge in [0.2, 0.25) is 0 Å². The summed E-state index contributed by atoms with van der Waals surface area (Å²) in [5.41, 5.74) is 2.54. The van der Waals surface area contributed by atoms with E-state index in [1.54, 1.807) is 0 Å². The molecule has 1 aromatic rings. The summed E-state index contributed by atoms with van der Waals surface area (Å²) in [6.07, 6.45) is 10.7. The maximum atomic E-state index is 5.90. The van der Waals surface area contributed by atoms with Gasteiger partial charge < -0.3 is 4.74 Å². The van der Waals surface area contributed by atoms with Crippen molar-refractivity contribution in [3.05, 3.63) is 29.3 Å². The van der Waals surface area contributed by atoms with E-state index >= 15 is 0 Å². The molecule has 2 heteroatoms. The number of ether oxygens (including phenoxy) is 1. The van der Waals surface area contributed by atoms with Gasteiger partial charge in [0, 0.05) is 10.9 Å². The Balaban J connectivity index is 2.09. The van der Waals surface area contributed by atoms with Crippen molar-refractivity contribution in [1.82, 2.24) is 0 Å². The number of unbranched alkanes of at least 4 members (excludes halogenated alkanes) is 7. The van der Waals surface area contributed by atoms with Gasteiger partial charge in [0.1, 0.15) is 5.75 Å². The summed E-state index contributed by atoms with van der Waals surface area (Å²) in [5, 5.41) is 0.863. The van der Waals surface area contributed by atoms with Crippen LogP contribution in [0.1, 0.15) is 69.4 Å². The fourth-order valence-corrected chi connectivity index (χ4v) is 2.81. The van der Waals surface area contributed by atoms with E-state index in [-0.39, 0.29) is 0 Å². The zero-order chi connectivity index (χ0) is 14.6. The van der Waals surface area contributed by atoms with Gasteiger partial charge in [0.15, 0.2) is 0 Å². The Kier molecular flexibility index (Phi) is 9.82. The van der Waals surface area contributed by atoms with Crippen molar-refractivity contribution in [2.24, 2.45) is 0 Å². The van der Waals surface area contributed by atoms with Crippen molar-refractivity contribution < 1.29 is 4.74 Å². The van der Waals surface area contributed by atoms with E-state index in [1.807, 2.05) is 0 Å². The van der Waals surface area contributed by atoms with Gasteiger partial charge in [-0.25, -0.2) is 0 Å². The number of hydrogen-bond donors (Lipinski definition) is 0. The average Bonchev–Trinajstić information content (AvgIpc) is 2.46. The predicted molar refractivity (Wildman–Crippen MR) is 91.9 cm³/mol. The van der Waals surface area contributed by atoms with Gasteiger partial charge in [-0.3, -0.25) is 0 Å². The summed E-state index contributed by atoms with van der Waals surface area (Å²) in [6.45, 7) is 5.23. The second-order valence-electron chi connectivity index (χ2n) is 5.57. The third kappa shape index (κ3) is 7.33. The second-order valence-corrected chi connectivity index (χ2v) is 6.13. The Hall–Kier alpha value is -0.500. The van der Waals surface area contributed by atoms with E-state index in [9.17, 15) is 0 Å². The van der Waals surface area contributed by atoms with Gasteiger partial charge in [0.25, 0.3) is 0 Å². The van der Waals surface area contributed by atoms with Crippen LogP contribution in [-0.4, -0.2) is 6.61 Å². The lowest BCUT2D eigenvalue weighted by Crippen LogP contribution is -2.00. The van der Waals surface area contributed by atoms with E-state index in [4.69, 9.17) is 4.74 Å². The number of alkyl halides is 1. The van der Waals surface area contributed by atoms with E-state index < -0.39 is 0 Å². The van der Waals surface area contributed by atoms with Crippen LogP contribution in [0.3, 0.4) is 0 Å². The molecule has 0 atom stereocenters. The van der Waals surface area contributed by atoms with Gasteiger partial charge in [0.05, 0.1) is 6.61 Å². The van der Waals surface area contributed by atoms with Gasteiger partial charge in [-0.05, 0) is 19.4 Å². The molecule has 0 radical (unpaired) electrons. The number of hydrogen-bond acceptors (Lipinski definition) is 1. The first-order valence-electron chi connectivity index (χ1n) is 8.06. The summed E-state index contributed by atoms with van der Waals surface area (Å²) in [4.78, 5) is 0. The standard InChI is InChI=1S/C18H29BrO/c1-3-4-5-6-7-8-9-10-13-20-18-12-11-16(2)14-17(18)15-19/h11-12,14H,3-10,13,15H2,1-2H3. The first-order valence-corrected chi connectivity index (χ1v) is 9.18. The minimum Gasteiger partial charge on any atom is -0.493 e. The Morgan fingerprint density at radius 3 is 2.25 bits per heavy atom. The Bertz CT molecular complexity index is 362. The van der Waals surface area contributed by atoms with Gasteiger partial charge in [-0.15, -0.1) is 0 Å². The summed E-state index contributed by atoms with van der Waals surface area (Å²) in [5.74, 6) is 1.04. The molecule has 0 heterocycles. The van der Waals surface area contributed by atoms with Crippen molar-refractivity contribution in [2.75, 3.05) is 6.61 Å². The van der Waals surface area contributed by atoms with Crippen LogP contribution in [0, 0.1) is 6.92 Å². The van der Waals surface area contributed by atoms with Gasteiger partial charge >= 0.3 is 0 Å². The first-order chi connectivity index (χ1) is 9.77. The molecule has 0 N–H and O–H groups in total. The lowest BCUT2D eigenvalue weighted by molar-refractivity contribution is 0.302. The van der Waals surface area contributed by atoms with Crippen molar-refractivity contribution in [1.29, 1.82) is 0 Å². The third-order valence-corrected chi connectivity index (χ3v) is 4.22. The van der Waals surface area contributed by atoms with E-state index in [1.165, 1.54) is 62.5 Å². The lowest BCUT2D eigenvalue weighted by atomic mass is 10.1. The normalized spacial score (nSPS) is 10.8. The molecular weight excluding hydrogens is 312 g/mol. The highest BCUT2D eigenvalue weighted by Crippen LogP contribution is 2.22. The fraction of sp³-hybridized carbons (Fsp3) is 0.667. The minimum atomic E-state index is 0.845. The molecule has 114 valence electrons. The quantitative estimate of drug-likeness (QED) is 0.334. The van der Waals surface area contributed by atoms with Crippen LogP contribution in [0.15, 0.2) is 18.2 Å². The SMILES string of the molecule is CCCCCCCCCCOc1ccc(C)cc1CBr. The summed E-state index contributed by atoms with van der Waals surface area (Å²) in [7, 11) is 0. The molecule has 1 nitrogen and oxygen atoms in total. The van der Waals surface area contributed by atoms with Crippen LogP contribution in [0.5, 0.6) is 5.75 Å². The largest absolute Gasteiger partial charge is 0.493 e. The predicted octanol–water partition coefficient (Wildman–Crippen LogP) is 6.41. The number of halogens is 1. The molecule has 0 spiro atoms. The molecule has 0 unspecified atom stereocenters. The summed E-state index contributed by atoms with van der Waals surface area (Å²) < 4.78 is 5.90. The van der Waals surface area contributed by atoms with Crippen LogP contribution in [-0.2, 0) is 5.33 Å². The lowest BCUT2D eigenvalue weighted by Gasteiger charge is -2.10. The zero-order valence-electron chi connectivity index (χ0n) is 13.1. The highest BCUT2D eigenvalue weighted by Gasteiger charge is 2.02. The average molecular weight is 341 g/mol. The molecule has 20 heavy (non-hydrogen) atoms. The number of benzene rings is 1. The molecule has 0 saturated carbocycles.